The van der Waals surface area contributed by atoms with Gasteiger partial charge in [0.1, 0.15) is 6.61 Å². The van der Waals surface area contributed by atoms with Crippen LogP contribution in [0.15, 0.2) is 12.2 Å². The SMILES string of the molecule is CC(C)C/C=C\COC(=O)C(C)C.CC(C)OC(=O)C(C)C. The number of allylic oxidation sites excluding steroid dienone is 1. The number of ether oxygens (including phenoxy) is 2. The van der Waals surface area contributed by atoms with Crippen LogP contribution in [0.2, 0.25) is 0 Å². The third-order valence-electron chi connectivity index (χ3n) is 2.39. The molecule has 4 nitrogen and oxygen atoms in total. The minimum Gasteiger partial charge on any atom is -0.463 e. The molecule has 0 rings (SSSR count). The molecule has 0 atom stereocenters. The van der Waals surface area contributed by atoms with Gasteiger partial charge in [-0.3, -0.25) is 9.59 Å². The lowest BCUT2D eigenvalue weighted by molar-refractivity contribution is -0.151. The molecule has 22 heavy (non-hydrogen) atoms. The molecule has 0 heterocycles. The van der Waals surface area contributed by atoms with Crippen LogP contribution in [0.4, 0.5) is 0 Å². The van der Waals surface area contributed by atoms with Gasteiger partial charge in [0.15, 0.2) is 0 Å². The van der Waals surface area contributed by atoms with Crippen LogP contribution in [0.1, 0.15) is 61.8 Å². The molecule has 130 valence electrons. The predicted molar refractivity (Wildman–Crippen MR) is 90.5 cm³/mol. The molecule has 0 saturated carbocycles. The van der Waals surface area contributed by atoms with Crippen LogP contribution in [0.25, 0.3) is 0 Å². The highest BCUT2D eigenvalue weighted by Crippen LogP contribution is 2.00. The standard InChI is InChI=1S/C11H20O2.C7H14O2/c1-9(2)7-5-6-8-13-11(12)10(3)4;1-5(2)7(8)9-6(3)4/h5-6,9-10H,7-8H2,1-4H3;5-6H,1-4H3/b6-5-;. The first kappa shape index (κ1) is 23.0. The number of hydrogen-bond acceptors (Lipinski definition) is 4. The molecule has 0 aromatic carbocycles. The lowest BCUT2D eigenvalue weighted by atomic mass is 10.1. The summed E-state index contributed by atoms with van der Waals surface area (Å²) in [5, 5.41) is 0. The highest BCUT2D eigenvalue weighted by Gasteiger charge is 2.08. The molecule has 0 aliphatic carbocycles. The Balaban J connectivity index is 0. The number of rotatable bonds is 7. The molecule has 0 amide bonds. The van der Waals surface area contributed by atoms with Crippen LogP contribution in [0, 0.1) is 17.8 Å². The molecule has 4 heteroatoms. The fraction of sp³-hybridized carbons (Fsp3) is 0.778. The van der Waals surface area contributed by atoms with Crippen LogP contribution >= 0.6 is 0 Å². The lowest BCUT2D eigenvalue weighted by Gasteiger charge is -2.08. The van der Waals surface area contributed by atoms with Gasteiger partial charge >= 0.3 is 11.9 Å². The van der Waals surface area contributed by atoms with Gasteiger partial charge in [0.25, 0.3) is 0 Å². The topological polar surface area (TPSA) is 52.6 Å². The Morgan fingerprint density at radius 1 is 0.818 bits per heavy atom. The maximum absolute atomic E-state index is 11.0. The maximum Gasteiger partial charge on any atom is 0.308 e. The molecule has 0 aromatic rings. The van der Waals surface area contributed by atoms with Crippen molar-refractivity contribution in [1.29, 1.82) is 0 Å². The van der Waals surface area contributed by atoms with Crippen molar-refractivity contribution in [1.82, 2.24) is 0 Å². The summed E-state index contributed by atoms with van der Waals surface area (Å²) in [6.45, 7) is 15.7. The third kappa shape index (κ3) is 16.7. The largest absolute Gasteiger partial charge is 0.463 e. The maximum atomic E-state index is 11.0. The summed E-state index contributed by atoms with van der Waals surface area (Å²) in [6.07, 6.45) is 5.01. The van der Waals surface area contributed by atoms with Crippen LogP contribution in [0.5, 0.6) is 0 Å². The van der Waals surface area contributed by atoms with E-state index in [1.54, 1.807) is 0 Å². The van der Waals surface area contributed by atoms with Gasteiger partial charge in [-0.05, 0) is 26.2 Å². The Hall–Kier alpha value is -1.32. The number of esters is 2. The Labute approximate surface area is 136 Å². The number of hydrogen-bond donors (Lipinski definition) is 0. The van der Waals surface area contributed by atoms with Gasteiger partial charge in [-0.1, -0.05) is 53.7 Å². The van der Waals surface area contributed by atoms with Gasteiger partial charge in [0, 0.05) is 0 Å². The fourth-order valence-corrected chi connectivity index (χ4v) is 1.10. The third-order valence-corrected chi connectivity index (χ3v) is 2.39. The van der Waals surface area contributed by atoms with E-state index >= 15 is 0 Å². The van der Waals surface area contributed by atoms with Crippen molar-refractivity contribution in [2.24, 2.45) is 17.8 Å². The van der Waals surface area contributed by atoms with Crippen LogP contribution in [0.3, 0.4) is 0 Å². The van der Waals surface area contributed by atoms with Crippen molar-refractivity contribution < 1.29 is 19.1 Å². The van der Waals surface area contributed by atoms with Gasteiger partial charge in [-0.2, -0.15) is 0 Å². The number of carbonyl (C=O) groups is 2. The molecule has 0 fully saturated rings. The van der Waals surface area contributed by atoms with E-state index in [0.29, 0.717) is 12.5 Å². The summed E-state index contributed by atoms with van der Waals surface area (Å²) in [6, 6.07) is 0. The monoisotopic (exact) mass is 314 g/mol. The van der Waals surface area contributed by atoms with E-state index in [0.717, 1.165) is 6.42 Å². The van der Waals surface area contributed by atoms with E-state index in [1.807, 2.05) is 47.6 Å². The number of carbonyl (C=O) groups excluding carboxylic acids is 2. The molecule has 0 aliphatic rings. The van der Waals surface area contributed by atoms with E-state index < -0.39 is 0 Å². The summed E-state index contributed by atoms with van der Waals surface area (Å²) < 4.78 is 9.83. The first-order chi connectivity index (χ1) is 10.1. The summed E-state index contributed by atoms with van der Waals surface area (Å²) in [7, 11) is 0. The van der Waals surface area contributed by atoms with Crippen molar-refractivity contribution >= 4 is 11.9 Å². The van der Waals surface area contributed by atoms with Crippen molar-refractivity contribution in [2.45, 2.75) is 67.9 Å². The van der Waals surface area contributed by atoms with E-state index in [2.05, 4.69) is 19.9 Å². The minimum atomic E-state index is -0.130. The summed E-state index contributed by atoms with van der Waals surface area (Å²) in [5.41, 5.74) is 0. The highest BCUT2D eigenvalue weighted by molar-refractivity contribution is 5.71. The first-order valence-corrected chi connectivity index (χ1v) is 8.10. The first-order valence-electron chi connectivity index (χ1n) is 8.10. The molecule has 0 spiro atoms. The summed E-state index contributed by atoms with van der Waals surface area (Å²) in [4.78, 5) is 21.7. The molecule has 0 N–H and O–H groups in total. The molecular weight excluding hydrogens is 280 g/mol. The Kier molecular flexibility index (Phi) is 13.9. The summed E-state index contributed by atoms with van der Waals surface area (Å²) >= 11 is 0. The Bertz CT molecular complexity index is 328. The van der Waals surface area contributed by atoms with E-state index in [-0.39, 0.29) is 29.9 Å². The molecule has 0 aliphatic heterocycles. The van der Waals surface area contributed by atoms with Gasteiger partial charge in [-0.15, -0.1) is 0 Å². The van der Waals surface area contributed by atoms with Crippen molar-refractivity contribution in [3.63, 3.8) is 0 Å². The van der Waals surface area contributed by atoms with Gasteiger partial charge < -0.3 is 9.47 Å². The lowest BCUT2D eigenvalue weighted by Crippen LogP contribution is -2.16. The minimum absolute atomic E-state index is 0.00704. The van der Waals surface area contributed by atoms with Gasteiger partial charge in [0.05, 0.1) is 17.9 Å². The van der Waals surface area contributed by atoms with Gasteiger partial charge in [0.2, 0.25) is 0 Å². The Morgan fingerprint density at radius 3 is 1.64 bits per heavy atom. The second-order valence-electron chi connectivity index (χ2n) is 6.53. The second-order valence-corrected chi connectivity index (χ2v) is 6.53. The van der Waals surface area contributed by atoms with Gasteiger partial charge in [-0.25, -0.2) is 0 Å². The average molecular weight is 314 g/mol. The van der Waals surface area contributed by atoms with E-state index in [4.69, 9.17) is 9.47 Å². The normalized spacial score (nSPS) is 11.1. The molecule has 0 aromatic heterocycles. The Morgan fingerprint density at radius 2 is 1.32 bits per heavy atom. The molecule has 0 unspecified atom stereocenters. The summed E-state index contributed by atoms with van der Waals surface area (Å²) in [5.74, 6) is 0.377. The zero-order valence-electron chi connectivity index (χ0n) is 15.5. The molecule has 0 saturated heterocycles. The van der Waals surface area contributed by atoms with Crippen molar-refractivity contribution in [2.75, 3.05) is 6.61 Å². The van der Waals surface area contributed by atoms with Crippen molar-refractivity contribution in [3.05, 3.63) is 12.2 Å². The van der Waals surface area contributed by atoms with E-state index in [9.17, 15) is 9.59 Å². The van der Waals surface area contributed by atoms with E-state index in [1.165, 1.54) is 0 Å². The predicted octanol–water partition coefficient (Wildman–Crippen LogP) is 4.38. The smallest absolute Gasteiger partial charge is 0.308 e. The highest BCUT2D eigenvalue weighted by atomic mass is 16.5. The molecule has 0 bridgehead atoms. The fourth-order valence-electron chi connectivity index (χ4n) is 1.10. The van der Waals surface area contributed by atoms with Crippen LogP contribution < -0.4 is 0 Å². The molecular formula is C18H34O4. The van der Waals surface area contributed by atoms with Crippen molar-refractivity contribution in [3.8, 4) is 0 Å². The van der Waals surface area contributed by atoms with Crippen LogP contribution in [-0.2, 0) is 19.1 Å². The second kappa shape index (κ2) is 13.4. The average Bonchev–Trinajstić information content (AvgIpc) is 2.37. The zero-order chi connectivity index (χ0) is 17.7. The van der Waals surface area contributed by atoms with Crippen LogP contribution in [-0.4, -0.2) is 24.6 Å². The molecule has 0 radical (unpaired) electrons. The quantitative estimate of drug-likeness (QED) is 0.517. The zero-order valence-corrected chi connectivity index (χ0v) is 15.5.